The van der Waals surface area contributed by atoms with Crippen molar-refractivity contribution in [3.8, 4) is 0 Å². The molecule has 2 rings (SSSR count). The molecule has 1 aromatic heterocycles. The van der Waals surface area contributed by atoms with Gasteiger partial charge in [-0.3, -0.25) is 9.59 Å². The number of amides is 1. The third-order valence-corrected chi connectivity index (χ3v) is 3.60. The summed E-state index contributed by atoms with van der Waals surface area (Å²) in [4.78, 5) is 28.0. The molecular weight excluding hydrogens is 280 g/mol. The normalized spacial score (nSPS) is 11.1. The number of rotatable bonds is 6. The number of hydrogen-bond donors (Lipinski definition) is 2. The van der Waals surface area contributed by atoms with Crippen LogP contribution in [-0.4, -0.2) is 40.0 Å². The summed E-state index contributed by atoms with van der Waals surface area (Å²) in [6, 6.07) is 5.95. The highest BCUT2D eigenvalue weighted by molar-refractivity contribution is 5.91. The number of carboxylic acids is 1. The zero-order valence-corrected chi connectivity index (χ0v) is 13.2. The molecule has 0 saturated carbocycles. The minimum Gasteiger partial charge on any atom is -0.480 e. The Morgan fingerprint density at radius 1 is 1.32 bits per heavy atom. The number of nitrogens with one attached hydrogen (secondary N) is 1. The van der Waals surface area contributed by atoms with Gasteiger partial charge in [0.2, 0.25) is 5.91 Å². The lowest BCUT2D eigenvalue weighted by Crippen LogP contribution is -2.39. The average Bonchev–Trinajstić information content (AvgIpc) is 2.81. The van der Waals surface area contributed by atoms with Crippen LogP contribution in [0.2, 0.25) is 0 Å². The van der Waals surface area contributed by atoms with Crippen LogP contribution in [0.4, 0.5) is 0 Å². The van der Waals surface area contributed by atoms with Gasteiger partial charge < -0.3 is 15.0 Å². The molecule has 2 aromatic rings. The molecule has 1 amide bonds. The molecule has 0 radical (unpaired) electrons. The molecule has 2 N–H and O–H groups in total. The first-order valence-corrected chi connectivity index (χ1v) is 7.43. The van der Waals surface area contributed by atoms with Crippen molar-refractivity contribution in [1.29, 1.82) is 0 Å². The first-order valence-electron chi connectivity index (χ1n) is 7.43. The average molecular weight is 302 g/mol. The predicted molar refractivity (Wildman–Crippen MR) is 85.8 cm³/mol. The third-order valence-electron chi connectivity index (χ3n) is 3.60. The summed E-state index contributed by atoms with van der Waals surface area (Å²) in [6.45, 7) is 6.15. The second-order valence-corrected chi connectivity index (χ2v) is 6.05. The fourth-order valence-corrected chi connectivity index (χ4v) is 2.72. The summed E-state index contributed by atoms with van der Waals surface area (Å²) < 4.78 is 0. The van der Waals surface area contributed by atoms with Gasteiger partial charge >= 0.3 is 5.97 Å². The van der Waals surface area contributed by atoms with E-state index in [1.807, 2.05) is 45.2 Å². The monoisotopic (exact) mass is 302 g/mol. The topological polar surface area (TPSA) is 73.4 Å². The molecule has 5 heteroatoms. The number of aryl methyl sites for hydroxylation is 1. The van der Waals surface area contributed by atoms with Crippen LogP contribution in [0.15, 0.2) is 24.4 Å². The molecule has 0 aliphatic rings. The van der Waals surface area contributed by atoms with E-state index in [2.05, 4.69) is 4.98 Å². The highest BCUT2D eigenvalue weighted by atomic mass is 16.4. The van der Waals surface area contributed by atoms with Gasteiger partial charge in [-0.1, -0.05) is 26.0 Å². The molecular formula is C17H22N2O3. The Morgan fingerprint density at radius 3 is 2.68 bits per heavy atom. The van der Waals surface area contributed by atoms with Crippen LogP contribution < -0.4 is 0 Å². The van der Waals surface area contributed by atoms with E-state index in [0.29, 0.717) is 6.54 Å². The number of nitrogens with zero attached hydrogens (tertiary/aromatic N) is 1. The largest absolute Gasteiger partial charge is 0.480 e. The Hall–Kier alpha value is -2.30. The van der Waals surface area contributed by atoms with Gasteiger partial charge in [-0.2, -0.15) is 0 Å². The number of carbonyl (C=O) groups is 2. The molecule has 0 spiro atoms. The summed E-state index contributed by atoms with van der Waals surface area (Å²) in [5.74, 6) is -0.905. The Kier molecular flexibility index (Phi) is 4.85. The number of carbonyl (C=O) groups excluding carboxylic acids is 1. The molecule has 0 bridgehead atoms. The molecule has 22 heavy (non-hydrogen) atoms. The van der Waals surface area contributed by atoms with Gasteiger partial charge in [0.1, 0.15) is 6.54 Å². The summed E-state index contributed by atoms with van der Waals surface area (Å²) in [5.41, 5.74) is 3.02. The van der Waals surface area contributed by atoms with Gasteiger partial charge in [0.15, 0.2) is 0 Å². The minimum atomic E-state index is -0.982. The van der Waals surface area contributed by atoms with Crippen molar-refractivity contribution in [1.82, 2.24) is 9.88 Å². The van der Waals surface area contributed by atoms with Crippen LogP contribution in [0, 0.1) is 12.8 Å². The number of hydrogen-bond acceptors (Lipinski definition) is 2. The smallest absolute Gasteiger partial charge is 0.323 e. The second kappa shape index (κ2) is 6.64. The van der Waals surface area contributed by atoms with E-state index in [-0.39, 0.29) is 24.8 Å². The van der Waals surface area contributed by atoms with Gasteiger partial charge in [0, 0.05) is 23.6 Å². The van der Waals surface area contributed by atoms with E-state index >= 15 is 0 Å². The molecule has 1 heterocycles. The summed E-state index contributed by atoms with van der Waals surface area (Å²) in [7, 11) is 0. The van der Waals surface area contributed by atoms with E-state index < -0.39 is 5.97 Å². The number of benzene rings is 1. The molecule has 5 nitrogen and oxygen atoms in total. The van der Waals surface area contributed by atoms with Gasteiger partial charge in [0.05, 0.1) is 6.42 Å². The Morgan fingerprint density at radius 2 is 2.05 bits per heavy atom. The maximum atomic E-state index is 12.5. The molecule has 0 unspecified atom stereocenters. The van der Waals surface area contributed by atoms with E-state index in [1.54, 1.807) is 0 Å². The minimum absolute atomic E-state index is 0.153. The van der Waals surface area contributed by atoms with Crippen molar-refractivity contribution in [2.75, 3.05) is 13.1 Å². The molecule has 0 fully saturated rings. The lowest BCUT2D eigenvalue weighted by Gasteiger charge is -2.22. The van der Waals surface area contributed by atoms with Gasteiger partial charge in [-0.15, -0.1) is 0 Å². The van der Waals surface area contributed by atoms with E-state index in [1.165, 1.54) is 4.90 Å². The van der Waals surface area contributed by atoms with Gasteiger partial charge in [0.25, 0.3) is 0 Å². The maximum absolute atomic E-state index is 12.5. The van der Waals surface area contributed by atoms with Crippen molar-refractivity contribution in [2.24, 2.45) is 5.92 Å². The number of aromatic nitrogens is 1. The van der Waals surface area contributed by atoms with Gasteiger partial charge in [-0.25, -0.2) is 0 Å². The van der Waals surface area contributed by atoms with Crippen molar-refractivity contribution >= 4 is 22.8 Å². The molecule has 118 valence electrons. The predicted octanol–water partition coefficient (Wildman–Crippen LogP) is 2.59. The number of H-pyrrole nitrogens is 1. The van der Waals surface area contributed by atoms with Crippen molar-refractivity contribution in [3.63, 3.8) is 0 Å². The lowest BCUT2D eigenvalue weighted by molar-refractivity contribution is -0.144. The van der Waals surface area contributed by atoms with E-state index in [4.69, 9.17) is 5.11 Å². The van der Waals surface area contributed by atoms with Crippen molar-refractivity contribution in [3.05, 3.63) is 35.5 Å². The van der Waals surface area contributed by atoms with Crippen molar-refractivity contribution < 1.29 is 14.7 Å². The van der Waals surface area contributed by atoms with Crippen LogP contribution in [0.3, 0.4) is 0 Å². The van der Waals surface area contributed by atoms with Crippen LogP contribution in [-0.2, 0) is 16.0 Å². The van der Waals surface area contributed by atoms with E-state index in [0.717, 1.165) is 22.0 Å². The quantitative estimate of drug-likeness (QED) is 0.861. The fourth-order valence-electron chi connectivity index (χ4n) is 2.72. The van der Waals surface area contributed by atoms with Gasteiger partial charge in [-0.05, 0) is 30.0 Å². The second-order valence-electron chi connectivity index (χ2n) is 6.05. The number of aliphatic carboxylic acids is 1. The van der Waals surface area contributed by atoms with Crippen LogP contribution in [0.25, 0.3) is 10.9 Å². The first-order chi connectivity index (χ1) is 10.4. The highest BCUT2D eigenvalue weighted by Gasteiger charge is 2.19. The molecule has 0 aliphatic carbocycles. The fraction of sp³-hybridized carbons (Fsp3) is 0.412. The lowest BCUT2D eigenvalue weighted by atomic mass is 10.0. The zero-order chi connectivity index (χ0) is 16.3. The number of aromatic amines is 1. The first kappa shape index (κ1) is 16.1. The number of carboxylic acid groups (broad SMARTS) is 1. The van der Waals surface area contributed by atoms with Crippen LogP contribution in [0.5, 0.6) is 0 Å². The van der Waals surface area contributed by atoms with Crippen LogP contribution in [0.1, 0.15) is 25.0 Å². The van der Waals surface area contributed by atoms with Crippen molar-refractivity contribution in [2.45, 2.75) is 27.2 Å². The highest BCUT2D eigenvalue weighted by Crippen LogP contribution is 2.23. The molecule has 0 saturated heterocycles. The maximum Gasteiger partial charge on any atom is 0.323 e. The SMILES string of the molecule is Cc1cccc2[nH]cc(CC(=O)N(CC(=O)O)CC(C)C)c12. The molecule has 0 atom stereocenters. The Labute approximate surface area is 129 Å². The summed E-state index contributed by atoms with van der Waals surface area (Å²) in [5, 5.41) is 10.0. The summed E-state index contributed by atoms with van der Waals surface area (Å²) in [6.07, 6.45) is 2.05. The zero-order valence-electron chi connectivity index (χ0n) is 13.2. The Bertz CT molecular complexity index is 688. The van der Waals surface area contributed by atoms with E-state index in [9.17, 15) is 9.59 Å². The molecule has 0 aliphatic heterocycles. The summed E-state index contributed by atoms with van der Waals surface area (Å²) >= 11 is 0. The van der Waals surface area contributed by atoms with Crippen LogP contribution >= 0.6 is 0 Å². The Balaban J connectivity index is 2.22. The molecule has 1 aromatic carbocycles. The number of fused-ring (bicyclic) bond motifs is 1. The third kappa shape index (κ3) is 3.67. The standard InChI is InChI=1S/C17H22N2O3/c1-11(2)9-19(10-16(21)22)15(20)7-13-8-18-14-6-4-5-12(3)17(13)14/h4-6,8,11,18H,7,9-10H2,1-3H3,(H,21,22).